The molecule has 1 aliphatic heterocycles. The van der Waals surface area contributed by atoms with Crippen LogP contribution in [0.25, 0.3) is 33.2 Å². The first-order valence-corrected chi connectivity index (χ1v) is 12.1. The zero-order valence-electron chi connectivity index (χ0n) is 21.1. The molecule has 6 rings (SSSR count). The zero-order chi connectivity index (χ0) is 28.5. The number of fused-ring (bicyclic) bond motifs is 4. The van der Waals surface area contributed by atoms with Crippen molar-refractivity contribution >= 4 is 27.8 Å². The normalized spacial score (nSPS) is 14.8. The molecule has 0 saturated carbocycles. The van der Waals surface area contributed by atoms with Crippen LogP contribution < -0.4 is 20.5 Å². The van der Waals surface area contributed by atoms with Crippen molar-refractivity contribution in [2.24, 2.45) is 7.05 Å². The van der Waals surface area contributed by atoms with Crippen LogP contribution in [0.5, 0.6) is 34.5 Å². The number of methoxy groups -OCH3 is 1. The minimum absolute atomic E-state index is 0.0452. The molecule has 1 aliphatic rings. The molecule has 11 nitrogen and oxygen atoms in total. The minimum Gasteiger partial charge on any atom is -0.507 e. The third-order valence-corrected chi connectivity index (χ3v) is 7.14. The van der Waals surface area contributed by atoms with E-state index in [1.165, 1.54) is 17.7 Å². The first-order chi connectivity index (χ1) is 19.1. The summed E-state index contributed by atoms with van der Waals surface area (Å²) >= 11 is 0. The minimum atomic E-state index is -0.988. The van der Waals surface area contributed by atoms with Crippen molar-refractivity contribution in [3.05, 3.63) is 80.2 Å². The fraction of sp³-hybridized carbons (Fsp3) is 0.138. The lowest BCUT2D eigenvalue weighted by atomic mass is 9.85. The molecule has 0 radical (unpaired) electrons. The summed E-state index contributed by atoms with van der Waals surface area (Å²) in [5.41, 5.74) is -0.620. The highest BCUT2D eigenvalue weighted by Crippen LogP contribution is 2.47. The predicted molar refractivity (Wildman–Crippen MR) is 142 cm³/mol. The van der Waals surface area contributed by atoms with Crippen molar-refractivity contribution in [3.8, 4) is 45.8 Å². The van der Waals surface area contributed by atoms with Gasteiger partial charge in [0.15, 0.2) is 17.3 Å². The van der Waals surface area contributed by atoms with E-state index in [-0.39, 0.29) is 45.6 Å². The number of phenols is 3. The van der Waals surface area contributed by atoms with E-state index in [0.29, 0.717) is 16.7 Å². The van der Waals surface area contributed by atoms with Crippen LogP contribution >= 0.6 is 0 Å². The molecule has 1 atom stereocenters. The van der Waals surface area contributed by atoms with Gasteiger partial charge in [-0.05, 0) is 41.8 Å². The van der Waals surface area contributed by atoms with Gasteiger partial charge in [-0.2, -0.15) is 0 Å². The molecule has 0 saturated heterocycles. The Morgan fingerprint density at radius 3 is 2.42 bits per heavy atom. The van der Waals surface area contributed by atoms with Crippen molar-refractivity contribution in [1.29, 1.82) is 0 Å². The Balaban J connectivity index is 1.68. The van der Waals surface area contributed by atoms with Gasteiger partial charge >= 0.3 is 5.97 Å². The lowest BCUT2D eigenvalue weighted by Crippen LogP contribution is -2.29. The number of aryl methyl sites for hydroxylation is 1. The highest BCUT2D eigenvalue weighted by atomic mass is 16.5. The van der Waals surface area contributed by atoms with Gasteiger partial charge in [-0.1, -0.05) is 0 Å². The first kappa shape index (κ1) is 24.9. The third-order valence-electron chi connectivity index (χ3n) is 7.14. The van der Waals surface area contributed by atoms with E-state index in [0.717, 1.165) is 18.2 Å². The van der Waals surface area contributed by atoms with Gasteiger partial charge in [0, 0.05) is 41.8 Å². The predicted octanol–water partition coefficient (Wildman–Crippen LogP) is 3.58. The number of hydrogen-bond acceptors (Lipinski definition) is 10. The van der Waals surface area contributed by atoms with Crippen LogP contribution in [0.3, 0.4) is 0 Å². The van der Waals surface area contributed by atoms with Crippen molar-refractivity contribution in [2.45, 2.75) is 12.3 Å². The van der Waals surface area contributed by atoms with Crippen molar-refractivity contribution in [3.63, 3.8) is 0 Å². The molecule has 0 amide bonds. The molecular weight excluding hydrogens is 522 g/mol. The average molecular weight is 543 g/mol. The number of ether oxygens (including phenoxy) is 2. The maximum absolute atomic E-state index is 13.6. The molecule has 4 N–H and O–H groups in total. The topological polar surface area (TPSA) is 169 Å². The standard InChI is InChI=1S/C29H21NO10/c1-30-17-9-14(38-2)5-3-12(17)7-16(29(30)37)15-10-22(34)39-21-11-20(33)24-25(35)26(36)27(40-28(24)23(15)21)13-4-6-18(31)19(32)8-13/h3-9,11,15,31-33,36H,10H2,1-2H3/t15-/m0/s1. The number of benzene rings is 3. The Morgan fingerprint density at radius 1 is 0.925 bits per heavy atom. The summed E-state index contributed by atoms with van der Waals surface area (Å²) in [6, 6.07) is 11.4. The van der Waals surface area contributed by atoms with Gasteiger partial charge in [-0.25, -0.2) is 0 Å². The van der Waals surface area contributed by atoms with Gasteiger partial charge in [0.2, 0.25) is 11.2 Å². The second-order valence-corrected chi connectivity index (χ2v) is 9.44. The Hall–Kier alpha value is -5.45. The number of carbonyl (C=O) groups is 1. The number of esters is 1. The van der Waals surface area contributed by atoms with Gasteiger partial charge in [-0.15, -0.1) is 0 Å². The average Bonchev–Trinajstić information content (AvgIpc) is 2.93. The fourth-order valence-corrected chi connectivity index (χ4v) is 5.15. The van der Waals surface area contributed by atoms with Crippen LogP contribution in [-0.4, -0.2) is 38.1 Å². The van der Waals surface area contributed by atoms with Gasteiger partial charge in [0.05, 0.1) is 19.0 Å². The van der Waals surface area contributed by atoms with Crippen LogP contribution in [0.1, 0.15) is 23.5 Å². The Morgan fingerprint density at radius 2 is 1.70 bits per heavy atom. The van der Waals surface area contributed by atoms with Gasteiger partial charge in [0.1, 0.15) is 28.2 Å². The van der Waals surface area contributed by atoms with E-state index in [2.05, 4.69) is 0 Å². The van der Waals surface area contributed by atoms with Crippen molar-refractivity contribution < 1.29 is 39.1 Å². The first-order valence-electron chi connectivity index (χ1n) is 12.1. The Kier molecular flexibility index (Phi) is 5.47. The monoisotopic (exact) mass is 543 g/mol. The van der Waals surface area contributed by atoms with Gasteiger partial charge < -0.3 is 38.9 Å². The molecule has 0 aliphatic carbocycles. The molecular formula is C29H21NO10. The molecule has 3 heterocycles. The number of aromatic hydroxyl groups is 4. The van der Waals surface area contributed by atoms with Gasteiger partial charge in [0.25, 0.3) is 5.56 Å². The molecule has 0 fully saturated rings. The molecule has 11 heteroatoms. The zero-order valence-corrected chi connectivity index (χ0v) is 21.1. The Labute approximate surface area is 224 Å². The number of phenolic OH excluding ortho intramolecular Hbond substituents is 3. The van der Waals surface area contributed by atoms with E-state index in [4.69, 9.17) is 13.9 Å². The molecule has 0 spiro atoms. The van der Waals surface area contributed by atoms with Crippen LogP contribution in [0.2, 0.25) is 0 Å². The maximum atomic E-state index is 13.6. The number of aromatic nitrogens is 1. The number of nitrogens with zero attached hydrogens (tertiary/aromatic N) is 1. The van der Waals surface area contributed by atoms with Crippen molar-refractivity contribution in [1.82, 2.24) is 4.57 Å². The molecule has 40 heavy (non-hydrogen) atoms. The summed E-state index contributed by atoms with van der Waals surface area (Å²) in [5, 5.41) is 41.4. The van der Waals surface area contributed by atoms with Gasteiger partial charge in [-0.3, -0.25) is 14.4 Å². The largest absolute Gasteiger partial charge is 0.507 e. The second-order valence-electron chi connectivity index (χ2n) is 9.44. The summed E-state index contributed by atoms with van der Waals surface area (Å²) in [4.78, 5) is 39.6. The quantitative estimate of drug-likeness (QED) is 0.150. The second kappa shape index (κ2) is 8.80. The van der Waals surface area contributed by atoms with E-state index in [1.54, 1.807) is 31.3 Å². The number of rotatable bonds is 3. The molecule has 2 aromatic heterocycles. The molecule has 202 valence electrons. The number of hydrogen-bond donors (Lipinski definition) is 4. The molecule has 3 aromatic carbocycles. The summed E-state index contributed by atoms with van der Waals surface area (Å²) < 4.78 is 18.1. The van der Waals surface area contributed by atoms with Crippen LogP contribution in [0, 0.1) is 0 Å². The fourth-order valence-electron chi connectivity index (χ4n) is 5.15. The van der Waals surface area contributed by atoms with Crippen LogP contribution in [0.15, 0.2) is 62.5 Å². The summed E-state index contributed by atoms with van der Waals surface area (Å²) in [5.74, 6) is -3.96. The van der Waals surface area contributed by atoms with E-state index >= 15 is 0 Å². The highest BCUT2D eigenvalue weighted by molar-refractivity contribution is 5.94. The smallest absolute Gasteiger partial charge is 0.312 e. The van der Waals surface area contributed by atoms with E-state index < -0.39 is 45.9 Å². The summed E-state index contributed by atoms with van der Waals surface area (Å²) in [7, 11) is 3.09. The SMILES string of the molecule is COc1ccc2cc([C@@H]3CC(=O)Oc4cc(O)c5c(=O)c(O)c(-c6ccc(O)c(O)c6)oc5c43)c(=O)n(C)c2c1. The maximum Gasteiger partial charge on any atom is 0.312 e. The summed E-state index contributed by atoms with van der Waals surface area (Å²) in [6.45, 7) is 0. The highest BCUT2D eigenvalue weighted by Gasteiger charge is 2.36. The van der Waals surface area contributed by atoms with Crippen molar-refractivity contribution in [2.75, 3.05) is 7.11 Å². The molecule has 0 bridgehead atoms. The molecule has 0 unspecified atom stereocenters. The number of pyridine rings is 1. The molecule has 5 aromatic rings. The van der Waals surface area contributed by atoms with Crippen LogP contribution in [0.4, 0.5) is 0 Å². The Bertz CT molecular complexity index is 2020. The van der Waals surface area contributed by atoms with E-state index in [1.807, 2.05) is 0 Å². The lowest BCUT2D eigenvalue weighted by molar-refractivity contribution is -0.135. The number of carbonyl (C=O) groups excluding carboxylic acids is 1. The summed E-state index contributed by atoms with van der Waals surface area (Å²) in [6.07, 6.45) is -0.274. The van der Waals surface area contributed by atoms with E-state index in [9.17, 15) is 34.8 Å². The lowest BCUT2D eigenvalue weighted by Gasteiger charge is -2.26. The van der Waals surface area contributed by atoms with Crippen LogP contribution in [-0.2, 0) is 11.8 Å². The third kappa shape index (κ3) is 3.62.